The first kappa shape index (κ1) is 13.1. The molecule has 6 nitrogen and oxygen atoms in total. The summed E-state index contributed by atoms with van der Waals surface area (Å²) in [6.45, 7) is 3.96. The van der Waals surface area contributed by atoms with Crippen LogP contribution in [0.15, 0.2) is 11.2 Å². The normalized spacial score (nSPS) is 13.9. The van der Waals surface area contributed by atoms with Gasteiger partial charge < -0.3 is 9.72 Å². The number of ether oxygens (including phenoxy) is 1. The quantitative estimate of drug-likeness (QED) is 0.756. The third kappa shape index (κ3) is 3.29. The van der Waals surface area contributed by atoms with E-state index in [4.69, 9.17) is 4.74 Å². The molecule has 0 radical (unpaired) electrons. The molecular weight excluding hydrogens is 230 g/mol. The van der Waals surface area contributed by atoms with Gasteiger partial charge in [-0.1, -0.05) is 6.92 Å². The zero-order valence-corrected chi connectivity index (χ0v) is 10.5. The SMILES string of the molecule is CCc1ncc(S(=O)(=O)NC(C)COC)[nH]1. The molecule has 0 bridgehead atoms. The second kappa shape index (κ2) is 5.42. The lowest BCUT2D eigenvalue weighted by Gasteiger charge is -2.11. The summed E-state index contributed by atoms with van der Waals surface area (Å²) in [5, 5.41) is 0.0901. The Morgan fingerprint density at radius 1 is 1.62 bits per heavy atom. The Balaban J connectivity index is 2.77. The smallest absolute Gasteiger partial charge is 0.257 e. The highest BCUT2D eigenvalue weighted by Crippen LogP contribution is 2.06. The number of nitrogens with one attached hydrogen (secondary N) is 2. The summed E-state index contributed by atoms with van der Waals surface area (Å²) in [6, 6.07) is -0.275. The average Bonchev–Trinajstić information content (AvgIpc) is 2.65. The predicted octanol–water partition coefficient (Wildman–Crippen LogP) is 0.285. The molecule has 7 heteroatoms. The van der Waals surface area contributed by atoms with Gasteiger partial charge in [-0.3, -0.25) is 0 Å². The predicted molar refractivity (Wildman–Crippen MR) is 59.6 cm³/mol. The van der Waals surface area contributed by atoms with Crippen molar-refractivity contribution in [1.29, 1.82) is 0 Å². The second-order valence-electron chi connectivity index (χ2n) is 3.53. The van der Waals surface area contributed by atoms with E-state index in [0.717, 1.165) is 0 Å². The van der Waals surface area contributed by atoms with Gasteiger partial charge in [-0.15, -0.1) is 0 Å². The third-order valence-electron chi connectivity index (χ3n) is 2.00. The van der Waals surface area contributed by atoms with Gasteiger partial charge in [0.15, 0.2) is 5.03 Å². The van der Waals surface area contributed by atoms with Crippen molar-refractivity contribution in [2.75, 3.05) is 13.7 Å². The van der Waals surface area contributed by atoms with Crippen LogP contribution in [-0.2, 0) is 21.2 Å². The fourth-order valence-corrected chi connectivity index (χ4v) is 2.44. The molecule has 0 aliphatic rings. The van der Waals surface area contributed by atoms with Gasteiger partial charge in [0.1, 0.15) is 5.82 Å². The molecule has 0 amide bonds. The zero-order valence-electron chi connectivity index (χ0n) is 9.65. The van der Waals surface area contributed by atoms with Crippen LogP contribution in [0.2, 0.25) is 0 Å². The Labute approximate surface area is 95.5 Å². The standard InChI is InChI=1S/C9H17N3O3S/c1-4-8-10-5-9(11-8)16(13,14)12-7(2)6-15-3/h5,7,12H,4,6H2,1-3H3,(H,10,11). The van der Waals surface area contributed by atoms with Crippen molar-refractivity contribution >= 4 is 10.0 Å². The van der Waals surface area contributed by atoms with E-state index < -0.39 is 10.0 Å². The summed E-state index contributed by atoms with van der Waals surface area (Å²) in [4.78, 5) is 6.70. The van der Waals surface area contributed by atoms with Crippen LogP contribution >= 0.6 is 0 Å². The molecule has 92 valence electrons. The number of H-pyrrole nitrogens is 1. The minimum absolute atomic E-state index is 0.0901. The fraction of sp³-hybridized carbons (Fsp3) is 0.667. The second-order valence-corrected chi connectivity index (χ2v) is 5.21. The Morgan fingerprint density at radius 2 is 2.31 bits per heavy atom. The van der Waals surface area contributed by atoms with E-state index in [-0.39, 0.29) is 11.1 Å². The summed E-state index contributed by atoms with van der Waals surface area (Å²) < 4.78 is 31.0. The van der Waals surface area contributed by atoms with Crippen molar-refractivity contribution in [3.63, 3.8) is 0 Å². The van der Waals surface area contributed by atoms with E-state index in [1.165, 1.54) is 13.3 Å². The highest BCUT2D eigenvalue weighted by Gasteiger charge is 2.19. The molecule has 1 unspecified atom stereocenters. The van der Waals surface area contributed by atoms with Gasteiger partial charge in [-0.2, -0.15) is 0 Å². The minimum Gasteiger partial charge on any atom is -0.383 e. The van der Waals surface area contributed by atoms with Gasteiger partial charge in [0.2, 0.25) is 0 Å². The first-order chi connectivity index (χ1) is 7.49. The Morgan fingerprint density at radius 3 is 2.81 bits per heavy atom. The molecule has 0 aliphatic carbocycles. The van der Waals surface area contributed by atoms with E-state index in [2.05, 4.69) is 14.7 Å². The van der Waals surface area contributed by atoms with Gasteiger partial charge in [0, 0.05) is 19.6 Å². The molecule has 16 heavy (non-hydrogen) atoms. The van der Waals surface area contributed by atoms with E-state index in [1.54, 1.807) is 6.92 Å². The summed E-state index contributed by atoms with van der Waals surface area (Å²) in [5.74, 6) is 0.653. The molecular formula is C9H17N3O3S. The highest BCUT2D eigenvalue weighted by atomic mass is 32.2. The maximum absolute atomic E-state index is 11.8. The summed E-state index contributed by atoms with van der Waals surface area (Å²) in [6.07, 6.45) is 1.99. The Hall–Kier alpha value is -0.920. The first-order valence-electron chi connectivity index (χ1n) is 5.04. The van der Waals surface area contributed by atoms with Crippen molar-refractivity contribution in [2.24, 2.45) is 0 Å². The zero-order chi connectivity index (χ0) is 12.2. The first-order valence-corrected chi connectivity index (χ1v) is 6.53. The number of aryl methyl sites for hydroxylation is 1. The maximum atomic E-state index is 11.8. The number of imidazole rings is 1. The molecule has 1 aromatic rings. The molecule has 1 rings (SSSR count). The number of rotatable bonds is 6. The number of aromatic amines is 1. The molecule has 2 N–H and O–H groups in total. The van der Waals surface area contributed by atoms with Crippen molar-refractivity contribution in [3.8, 4) is 0 Å². The van der Waals surface area contributed by atoms with Gasteiger partial charge in [-0.25, -0.2) is 18.1 Å². The topological polar surface area (TPSA) is 84.1 Å². The van der Waals surface area contributed by atoms with Crippen molar-refractivity contribution in [2.45, 2.75) is 31.3 Å². The molecule has 0 saturated carbocycles. The molecule has 0 saturated heterocycles. The Kier molecular flexibility index (Phi) is 4.45. The van der Waals surface area contributed by atoms with Gasteiger partial charge in [0.05, 0.1) is 12.8 Å². The molecule has 1 atom stereocenters. The summed E-state index contributed by atoms with van der Waals surface area (Å²) >= 11 is 0. The summed E-state index contributed by atoms with van der Waals surface area (Å²) in [7, 11) is -2.00. The van der Waals surface area contributed by atoms with Crippen LogP contribution in [0.4, 0.5) is 0 Å². The number of methoxy groups -OCH3 is 1. The van der Waals surface area contributed by atoms with Crippen molar-refractivity contribution < 1.29 is 13.2 Å². The minimum atomic E-state index is -3.52. The Bertz CT molecular complexity index is 427. The van der Waals surface area contributed by atoms with E-state index in [1.807, 2.05) is 6.92 Å². The van der Waals surface area contributed by atoms with Gasteiger partial charge in [-0.05, 0) is 6.92 Å². The van der Waals surface area contributed by atoms with Crippen molar-refractivity contribution in [1.82, 2.24) is 14.7 Å². The average molecular weight is 247 g/mol. The highest BCUT2D eigenvalue weighted by molar-refractivity contribution is 7.89. The van der Waals surface area contributed by atoms with Crippen molar-refractivity contribution in [3.05, 3.63) is 12.0 Å². The molecule has 0 spiro atoms. The number of nitrogens with zero attached hydrogens (tertiary/aromatic N) is 1. The van der Waals surface area contributed by atoms with Gasteiger partial charge >= 0.3 is 0 Å². The van der Waals surface area contributed by atoms with Crippen LogP contribution in [0.25, 0.3) is 0 Å². The van der Waals surface area contributed by atoms with Crippen LogP contribution in [-0.4, -0.2) is 38.1 Å². The van der Waals surface area contributed by atoms with Crippen LogP contribution in [0.3, 0.4) is 0 Å². The lowest BCUT2D eigenvalue weighted by molar-refractivity contribution is 0.180. The van der Waals surface area contributed by atoms with Crippen LogP contribution < -0.4 is 4.72 Å². The van der Waals surface area contributed by atoms with Crippen LogP contribution in [0, 0.1) is 0 Å². The largest absolute Gasteiger partial charge is 0.383 e. The maximum Gasteiger partial charge on any atom is 0.257 e. The number of hydrogen-bond donors (Lipinski definition) is 2. The number of hydrogen-bond acceptors (Lipinski definition) is 4. The van der Waals surface area contributed by atoms with E-state index in [9.17, 15) is 8.42 Å². The molecule has 1 aromatic heterocycles. The van der Waals surface area contributed by atoms with E-state index in [0.29, 0.717) is 18.9 Å². The van der Waals surface area contributed by atoms with Crippen LogP contribution in [0.5, 0.6) is 0 Å². The lowest BCUT2D eigenvalue weighted by atomic mass is 10.4. The number of sulfonamides is 1. The number of aromatic nitrogens is 2. The molecule has 1 heterocycles. The molecule has 0 fully saturated rings. The van der Waals surface area contributed by atoms with E-state index >= 15 is 0 Å². The monoisotopic (exact) mass is 247 g/mol. The summed E-state index contributed by atoms with van der Waals surface area (Å²) in [5.41, 5.74) is 0. The molecule has 0 aliphatic heterocycles. The fourth-order valence-electron chi connectivity index (χ4n) is 1.27. The molecule has 0 aromatic carbocycles. The van der Waals surface area contributed by atoms with Gasteiger partial charge in [0.25, 0.3) is 10.0 Å². The third-order valence-corrected chi connectivity index (χ3v) is 3.50. The lowest BCUT2D eigenvalue weighted by Crippen LogP contribution is -2.35. The van der Waals surface area contributed by atoms with Crippen LogP contribution in [0.1, 0.15) is 19.7 Å².